The molecule has 164 valence electrons. The number of nitrogens with zero attached hydrogens (tertiary/aromatic N) is 3. The van der Waals surface area contributed by atoms with Crippen LogP contribution >= 0.6 is 0 Å². The number of amides is 1. The lowest BCUT2D eigenvalue weighted by molar-refractivity contribution is -0.119. The number of aryl methyl sites for hydroxylation is 2. The number of fused-ring (bicyclic) bond motifs is 1. The zero-order valence-corrected chi connectivity index (χ0v) is 19.6. The van der Waals surface area contributed by atoms with Crippen LogP contribution in [0.5, 0.6) is 0 Å². The summed E-state index contributed by atoms with van der Waals surface area (Å²) in [6, 6.07) is 6.58. The van der Waals surface area contributed by atoms with Crippen LogP contribution in [-0.4, -0.2) is 15.5 Å². The summed E-state index contributed by atoms with van der Waals surface area (Å²) >= 11 is 0. The summed E-state index contributed by atoms with van der Waals surface area (Å²) in [6.07, 6.45) is 14.2. The minimum Gasteiger partial charge on any atom is -0.337 e. The van der Waals surface area contributed by atoms with Crippen LogP contribution in [0, 0.1) is 11.3 Å². The van der Waals surface area contributed by atoms with Gasteiger partial charge in [0.2, 0.25) is 5.91 Å². The van der Waals surface area contributed by atoms with Crippen LogP contribution in [0.1, 0.15) is 69.8 Å². The fraction of sp³-hybridized carbons (Fsp3) is 0.481. The van der Waals surface area contributed by atoms with Crippen molar-refractivity contribution in [1.82, 2.24) is 9.55 Å². The Kier molecular flexibility index (Phi) is 5.92. The number of carbonyl (C=O) groups is 1. The highest BCUT2D eigenvalue weighted by atomic mass is 16.2. The number of hydrogen-bond donors (Lipinski definition) is 0. The number of hydrogen-bond acceptors (Lipinski definition) is 2. The zero-order chi connectivity index (χ0) is 22.2. The van der Waals surface area contributed by atoms with Gasteiger partial charge in [0.05, 0.1) is 6.54 Å². The highest BCUT2D eigenvalue weighted by Gasteiger charge is 2.27. The number of benzene rings is 1. The van der Waals surface area contributed by atoms with Crippen LogP contribution < -0.4 is 4.90 Å². The number of allylic oxidation sites excluding steroid dienone is 4. The Bertz CT molecular complexity index is 1030. The van der Waals surface area contributed by atoms with Crippen molar-refractivity contribution < 1.29 is 4.79 Å². The summed E-state index contributed by atoms with van der Waals surface area (Å²) in [5.41, 5.74) is 5.33. The summed E-state index contributed by atoms with van der Waals surface area (Å²) in [5.74, 6) is 1.83. The molecule has 0 radical (unpaired) electrons. The topological polar surface area (TPSA) is 38.1 Å². The Morgan fingerprint density at radius 2 is 2.16 bits per heavy atom. The second kappa shape index (κ2) is 8.49. The minimum atomic E-state index is 0.157. The van der Waals surface area contributed by atoms with E-state index >= 15 is 0 Å². The second-order valence-electron chi connectivity index (χ2n) is 10.1. The molecule has 0 bridgehead atoms. The number of anilines is 1. The van der Waals surface area contributed by atoms with Gasteiger partial charge in [0, 0.05) is 31.5 Å². The van der Waals surface area contributed by atoms with E-state index < -0.39 is 0 Å². The van der Waals surface area contributed by atoms with Gasteiger partial charge in [-0.2, -0.15) is 0 Å². The molecule has 31 heavy (non-hydrogen) atoms. The van der Waals surface area contributed by atoms with Crippen molar-refractivity contribution in [1.29, 1.82) is 0 Å². The molecule has 1 amide bonds. The van der Waals surface area contributed by atoms with E-state index in [4.69, 9.17) is 0 Å². The van der Waals surface area contributed by atoms with Gasteiger partial charge in [0.25, 0.3) is 0 Å². The molecule has 2 atom stereocenters. The van der Waals surface area contributed by atoms with Gasteiger partial charge in [-0.05, 0) is 59.8 Å². The van der Waals surface area contributed by atoms with Gasteiger partial charge >= 0.3 is 0 Å². The predicted octanol–water partition coefficient (Wildman–Crippen LogP) is 5.94. The molecule has 2 aliphatic rings. The Balaban J connectivity index is 1.59. The molecule has 2 aromatic rings. The van der Waals surface area contributed by atoms with Gasteiger partial charge in [0.1, 0.15) is 5.82 Å². The molecule has 0 fully saturated rings. The van der Waals surface area contributed by atoms with Crippen molar-refractivity contribution in [3.8, 4) is 0 Å². The molecule has 1 aromatic heterocycles. The first-order chi connectivity index (χ1) is 14.7. The molecule has 4 heteroatoms. The van der Waals surface area contributed by atoms with Crippen molar-refractivity contribution in [3.05, 3.63) is 71.3 Å². The Hall–Kier alpha value is -2.62. The van der Waals surface area contributed by atoms with E-state index in [0.29, 0.717) is 18.9 Å². The monoisotopic (exact) mass is 417 g/mol. The second-order valence-corrected chi connectivity index (χ2v) is 10.1. The zero-order valence-electron chi connectivity index (χ0n) is 19.6. The Morgan fingerprint density at radius 3 is 2.87 bits per heavy atom. The third-order valence-corrected chi connectivity index (χ3v) is 6.97. The molecule has 0 N–H and O–H groups in total. The lowest BCUT2D eigenvalue weighted by Crippen LogP contribution is -2.33. The van der Waals surface area contributed by atoms with Crippen LogP contribution in [0.4, 0.5) is 5.69 Å². The number of rotatable bonds is 6. The van der Waals surface area contributed by atoms with Crippen molar-refractivity contribution >= 4 is 11.6 Å². The summed E-state index contributed by atoms with van der Waals surface area (Å²) in [6.45, 7) is 9.47. The fourth-order valence-corrected chi connectivity index (χ4v) is 4.90. The Labute approximate surface area is 186 Å². The van der Waals surface area contributed by atoms with E-state index in [1.54, 1.807) is 6.20 Å². The van der Waals surface area contributed by atoms with Gasteiger partial charge in [-0.1, -0.05) is 57.6 Å². The van der Waals surface area contributed by atoms with E-state index in [2.05, 4.69) is 69.1 Å². The maximum atomic E-state index is 13.6. The van der Waals surface area contributed by atoms with Gasteiger partial charge < -0.3 is 9.47 Å². The first-order valence-corrected chi connectivity index (χ1v) is 11.5. The van der Waals surface area contributed by atoms with E-state index in [9.17, 15) is 4.79 Å². The van der Waals surface area contributed by atoms with Crippen LogP contribution in [0.15, 0.2) is 54.4 Å². The summed E-state index contributed by atoms with van der Waals surface area (Å²) in [4.78, 5) is 20.0. The maximum Gasteiger partial charge on any atom is 0.227 e. The Morgan fingerprint density at radius 1 is 1.35 bits per heavy atom. The van der Waals surface area contributed by atoms with Gasteiger partial charge in [-0.15, -0.1) is 0 Å². The molecule has 0 aliphatic heterocycles. The fourth-order valence-electron chi connectivity index (χ4n) is 4.90. The third-order valence-electron chi connectivity index (χ3n) is 6.97. The predicted molar refractivity (Wildman–Crippen MR) is 127 cm³/mol. The molecule has 1 heterocycles. The van der Waals surface area contributed by atoms with E-state index in [0.717, 1.165) is 24.4 Å². The van der Waals surface area contributed by atoms with Crippen LogP contribution in [-0.2, 0) is 24.8 Å². The van der Waals surface area contributed by atoms with Gasteiger partial charge in [0.15, 0.2) is 0 Å². The molecule has 0 unspecified atom stereocenters. The highest BCUT2D eigenvalue weighted by molar-refractivity contribution is 5.93. The molecule has 1 aromatic carbocycles. The summed E-state index contributed by atoms with van der Waals surface area (Å²) < 4.78 is 2.00. The first-order valence-electron chi connectivity index (χ1n) is 11.5. The first kappa shape index (κ1) is 21.6. The number of imidazole rings is 1. The standard InChI is InChI=1S/C27H35N3O/c1-19-8-9-21-10-11-23(16-24(19)21)30(18-25-28-13-14-29(25)5)26(31)15-20(2)22-7-6-12-27(3,4)17-22/h6-7,10-14,16,19-20H,8-9,15,17-18H2,1-5H3/t19-,20+/m1/s1. The largest absolute Gasteiger partial charge is 0.337 e. The van der Waals surface area contributed by atoms with Crippen molar-refractivity contribution in [2.45, 2.75) is 65.8 Å². The van der Waals surface area contributed by atoms with Crippen LogP contribution in [0.25, 0.3) is 0 Å². The van der Waals surface area contributed by atoms with Gasteiger partial charge in [-0.25, -0.2) is 4.98 Å². The van der Waals surface area contributed by atoms with E-state index in [1.807, 2.05) is 22.7 Å². The maximum absolute atomic E-state index is 13.6. The van der Waals surface area contributed by atoms with Gasteiger partial charge in [-0.3, -0.25) is 4.79 Å². The summed E-state index contributed by atoms with van der Waals surface area (Å²) in [7, 11) is 1.99. The molecule has 4 nitrogen and oxygen atoms in total. The molecule has 0 saturated carbocycles. The highest BCUT2D eigenvalue weighted by Crippen LogP contribution is 2.37. The van der Waals surface area contributed by atoms with E-state index in [-0.39, 0.29) is 17.2 Å². The average Bonchev–Trinajstić information content (AvgIpc) is 3.30. The van der Waals surface area contributed by atoms with Crippen LogP contribution in [0.3, 0.4) is 0 Å². The summed E-state index contributed by atoms with van der Waals surface area (Å²) in [5, 5.41) is 0. The quantitative estimate of drug-likeness (QED) is 0.583. The smallest absolute Gasteiger partial charge is 0.227 e. The number of aromatic nitrogens is 2. The molecular weight excluding hydrogens is 382 g/mol. The molecule has 4 rings (SSSR count). The van der Waals surface area contributed by atoms with Crippen LogP contribution in [0.2, 0.25) is 0 Å². The van der Waals surface area contributed by atoms with Crippen molar-refractivity contribution in [3.63, 3.8) is 0 Å². The minimum absolute atomic E-state index is 0.157. The third kappa shape index (κ3) is 4.68. The van der Waals surface area contributed by atoms with Crippen molar-refractivity contribution in [2.24, 2.45) is 18.4 Å². The molecule has 0 spiro atoms. The normalized spacial score (nSPS) is 20.3. The SMILES string of the molecule is C[C@@H]1CCc2ccc(N(Cc3nccn3C)C(=O)C[C@H](C)C3=CC=CC(C)(C)C3)cc21. The number of carbonyl (C=O) groups excluding carboxylic acids is 1. The van der Waals surface area contributed by atoms with Crippen molar-refractivity contribution in [2.75, 3.05) is 4.90 Å². The molecule has 2 aliphatic carbocycles. The van der Waals surface area contributed by atoms with E-state index in [1.165, 1.54) is 23.1 Å². The molecular formula is C27H35N3O. The lowest BCUT2D eigenvalue weighted by Gasteiger charge is -2.30. The lowest BCUT2D eigenvalue weighted by atomic mass is 9.77. The molecule has 0 saturated heterocycles. The average molecular weight is 418 g/mol.